The maximum absolute atomic E-state index is 11.8. The topological polar surface area (TPSA) is 49.8 Å². The molecule has 0 aliphatic rings. The van der Waals surface area contributed by atoms with Gasteiger partial charge in [0.05, 0.1) is 6.10 Å². The highest BCUT2D eigenvalue weighted by Crippen LogP contribution is 2.06. The second kappa shape index (κ2) is 8.36. The number of benzene rings is 1. The van der Waals surface area contributed by atoms with Crippen molar-refractivity contribution in [1.29, 1.82) is 0 Å². The summed E-state index contributed by atoms with van der Waals surface area (Å²) in [6, 6.07) is 7.60. The van der Waals surface area contributed by atoms with Crippen molar-refractivity contribution in [3.63, 3.8) is 0 Å². The molecule has 0 fully saturated rings. The van der Waals surface area contributed by atoms with E-state index in [2.05, 4.69) is 11.8 Å². The van der Waals surface area contributed by atoms with E-state index >= 15 is 0 Å². The van der Waals surface area contributed by atoms with Crippen molar-refractivity contribution >= 4 is 5.91 Å². The van der Waals surface area contributed by atoms with Crippen molar-refractivity contribution in [3.8, 4) is 11.8 Å². The summed E-state index contributed by atoms with van der Waals surface area (Å²) in [5.41, 5.74) is 1.87. The lowest BCUT2D eigenvalue weighted by molar-refractivity contribution is -0.136. The highest BCUT2D eigenvalue weighted by atomic mass is 16.5. The van der Waals surface area contributed by atoms with Crippen LogP contribution in [0.15, 0.2) is 24.3 Å². The van der Waals surface area contributed by atoms with E-state index in [9.17, 15) is 4.79 Å². The first-order valence-corrected chi connectivity index (χ1v) is 6.57. The number of ether oxygens (including phenoxy) is 1. The van der Waals surface area contributed by atoms with Crippen LogP contribution in [0.1, 0.15) is 25.0 Å². The van der Waals surface area contributed by atoms with Crippen molar-refractivity contribution in [2.45, 2.75) is 26.5 Å². The minimum absolute atomic E-state index is 0.0390. The van der Waals surface area contributed by atoms with Crippen molar-refractivity contribution in [3.05, 3.63) is 35.4 Å². The molecule has 0 aromatic heterocycles. The Morgan fingerprint density at radius 3 is 2.55 bits per heavy atom. The van der Waals surface area contributed by atoms with Crippen LogP contribution in [0.2, 0.25) is 0 Å². The molecule has 1 amide bonds. The minimum atomic E-state index is -0.144. The molecule has 0 atom stereocenters. The minimum Gasteiger partial charge on any atom is -0.384 e. The molecule has 0 aliphatic carbocycles. The van der Waals surface area contributed by atoms with Gasteiger partial charge in [-0.1, -0.05) is 24.0 Å². The Morgan fingerprint density at radius 2 is 2.00 bits per heavy atom. The fourth-order valence-corrected chi connectivity index (χ4v) is 1.55. The Bertz CT molecular complexity index is 483. The molecule has 0 saturated carbocycles. The van der Waals surface area contributed by atoms with Crippen LogP contribution in [0.25, 0.3) is 0 Å². The van der Waals surface area contributed by atoms with Gasteiger partial charge in [0.25, 0.3) is 0 Å². The summed E-state index contributed by atoms with van der Waals surface area (Å²) in [7, 11) is 1.76. The van der Waals surface area contributed by atoms with Crippen molar-refractivity contribution < 1.29 is 14.6 Å². The largest absolute Gasteiger partial charge is 0.384 e. The molecule has 1 aromatic carbocycles. The van der Waals surface area contributed by atoms with Crippen LogP contribution in [-0.2, 0) is 16.1 Å². The molecule has 4 heteroatoms. The molecule has 0 unspecified atom stereocenters. The Kier molecular flexibility index (Phi) is 6.78. The fraction of sp³-hybridized carbons (Fsp3) is 0.438. The first kappa shape index (κ1) is 16.2. The smallest absolute Gasteiger partial charge is 0.248 e. The van der Waals surface area contributed by atoms with Gasteiger partial charge in [0.2, 0.25) is 5.91 Å². The van der Waals surface area contributed by atoms with E-state index in [0.717, 1.165) is 11.1 Å². The molecule has 1 aromatic rings. The average Bonchev–Trinajstić information content (AvgIpc) is 2.43. The van der Waals surface area contributed by atoms with Gasteiger partial charge in [-0.2, -0.15) is 0 Å². The lowest BCUT2D eigenvalue weighted by Gasteiger charge is -2.18. The maximum atomic E-state index is 11.8. The first-order valence-electron chi connectivity index (χ1n) is 6.57. The normalized spacial score (nSPS) is 10.1. The molecule has 0 bridgehead atoms. The monoisotopic (exact) mass is 275 g/mol. The lowest BCUT2D eigenvalue weighted by atomic mass is 10.1. The number of rotatable bonds is 5. The summed E-state index contributed by atoms with van der Waals surface area (Å²) in [5.74, 6) is 5.39. The van der Waals surface area contributed by atoms with Gasteiger partial charge >= 0.3 is 0 Å². The molecule has 1 rings (SSSR count). The molecule has 0 heterocycles. The third-order valence-electron chi connectivity index (χ3n) is 2.65. The maximum Gasteiger partial charge on any atom is 0.248 e. The third-order valence-corrected chi connectivity index (χ3v) is 2.65. The van der Waals surface area contributed by atoms with Crippen molar-refractivity contribution in [2.75, 3.05) is 20.3 Å². The Labute approximate surface area is 120 Å². The van der Waals surface area contributed by atoms with E-state index in [-0.39, 0.29) is 25.2 Å². The highest BCUT2D eigenvalue weighted by Gasteiger charge is 2.10. The fourth-order valence-electron chi connectivity index (χ4n) is 1.55. The van der Waals surface area contributed by atoms with Crippen LogP contribution < -0.4 is 0 Å². The van der Waals surface area contributed by atoms with Gasteiger partial charge in [0, 0.05) is 19.2 Å². The molecule has 0 radical (unpaired) electrons. The zero-order chi connectivity index (χ0) is 15.0. The van der Waals surface area contributed by atoms with Crippen molar-refractivity contribution in [2.24, 2.45) is 0 Å². The summed E-state index contributed by atoms with van der Waals surface area (Å²) < 4.78 is 5.29. The number of aliphatic hydroxyl groups excluding tert-OH is 1. The SMILES string of the molecule is CC(C)OCC(=O)N(C)Cc1ccc(C#CCO)cc1. The Morgan fingerprint density at radius 1 is 1.35 bits per heavy atom. The molecular formula is C16H21NO3. The van der Waals surface area contributed by atoms with Crippen LogP contribution in [0, 0.1) is 11.8 Å². The predicted molar refractivity (Wildman–Crippen MR) is 78.0 cm³/mol. The number of carbonyl (C=O) groups is 1. The predicted octanol–water partition coefficient (Wildman–Crippen LogP) is 1.41. The highest BCUT2D eigenvalue weighted by molar-refractivity contribution is 5.77. The second-order valence-electron chi connectivity index (χ2n) is 4.77. The van der Waals surface area contributed by atoms with Gasteiger partial charge in [-0.05, 0) is 31.5 Å². The zero-order valence-corrected chi connectivity index (χ0v) is 12.2. The van der Waals surface area contributed by atoms with Crippen LogP contribution in [0.3, 0.4) is 0 Å². The summed E-state index contributed by atoms with van der Waals surface area (Å²) in [5, 5.41) is 8.62. The molecule has 4 nitrogen and oxygen atoms in total. The summed E-state index contributed by atoms with van der Waals surface area (Å²) in [4.78, 5) is 13.4. The number of nitrogens with zero attached hydrogens (tertiary/aromatic N) is 1. The molecule has 20 heavy (non-hydrogen) atoms. The number of amides is 1. The zero-order valence-electron chi connectivity index (χ0n) is 12.2. The number of carbonyl (C=O) groups excluding carboxylic acids is 1. The quantitative estimate of drug-likeness (QED) is 0.827. The van der Waals surface area contributed by atoms with E-state index in [4.69, 9.17) is 9.84 Å². The van der Waals surface area contributed by atoms with E-state index in [0.29, 0.717) is 6.54 Å². The van der Waals surface area contributed by atoms with Gasteiger partial charge in [-0.15, -0.1) is 0 Å². The van der Waals surface area contributed by atoms with Crippen molar-refractivity contribution in [1.82, 2.24) is 4.90 Å². The van der Waals surface area contributed by atoms with Crippen LogP contribution in [-0.4, -0.2) is 42.3 Å². The third kappa shape index (κ3) is 5.87. The molecule has 0 spiro atoms. The average molecular weight is 275 g/mol. The number of hydrogen-bond acceptors (Lipinski definition) is 3. The van der Waals surface area contributed by atoms with E-state index in [1.165, 1.54) is 0 Å². The summed E-state index contributed by atoms with van der Waals surface area (Å²) in [6.45, 7) is 4.30. The van der Waals surface area contributed by atoms with Gasteiger partial charge in [0.15, 0.2) is 0 Å². The van der Waals surface area contributed by atoms with Gasteiger partial charge in [0.1, 0.15) is 13.2 Å². The van der Waals surface area contributed by atoms with E-state index < -0.39 is 0 Å². The summed E-state index contributed by atoms with van der Waals surface area (Å²) in [6.07, 6.45) is 0.0525. The van der Waals surface area contributed by atoms with Crippen LogP contribution >= 0.6 is 0 Å². The number of hydrogen-bond donors (Lipinski definition) is 1. The van der Waals surface area contributed by atoms with E-state index in [1.54, 1.807) is 11.9 Å². The Balaban J connectivity index is 2.53. The van der Waals surface area contributed by atoms with Crippen LogP contribution in [0.5, 0.6) is 0 Å². The van der Waals surface area contributed by atoms with Crippen LogP contribution in [0.4, 0.5) is 0 Å². The molecule has 0 saturated heterocycles. The number of likely N-dealkylation sites (N-methyl/N-ethyl adjacent to an activating group) is 1. The second-order valence-corrected chi connectivity index (χ2v) is 4.77. The summed E-state index contributed by atoms with van der Waals surface area (Å²) >= 11 is 0. The number of aliphatic hydroxyl groups is 1. The molecular weight excluding hydrogens is 254 g/mol. The standard InChI is InChI=1S/C16H21NO3/c1-13(2)20-12-16(19)17(3)11-15-8-6-14(7-9-15)5-4-10-18/h6-9,13,18H,10-12H2,1-3H3. The molecule has 1 N–H and O–H groups in total. The lowest BCUT2D eigenvalue weighted by Crippen LogP contribution is -2.30. The van der Waals surface area contributed by atoms with Gasteiger partial charge < -0.3 is 14.7 Å². The Hall–Kier alpha value is -1.83. The first-order chi connectivity index (χ1) is 9.52. The van der Waals surface area contributed by atoms with Gasteiger partial charge in [-0.3, -0.25) is 4.79 Å². The molecule has 0 aliphatic heterocycles. The van der Waals surface area contributed by atoms with E-state index in [1.807, 2.05) is 38.1 Å². The molecule has 108 valence electrons. The van der Waals surface area contributed by atoms with Gasteiger partial charge in [-0.25, -0.2) is 0 Å².